The van der Waals surface area contributed by atoms with Crippen LogP contribution < -0.4 is 0 Å². The number of hydrogen-bond acceptors (Lipinski definition) is 5. The second-order valence-corrected chi connectivity index (χ2v) is 12.3. The number of carbonyl (C=O) groups is 2. The molecule has 0 radical (unpaired) electrons. The minimum atomic E-state index is -0.771. The first-order valence-electron chi connectivity index (χ1n) is 18.4. The lowest BCUT2D eigenvalue weighted by atomic mass is 10.0. The highest BCUT2D eigenvalue weighted by molar-refractivity contribution is 5.70. The number of unbranched alkanes of at least 4 members (excludes halogenated alkanes) is 21. The summed E-state index contributed by atoms with van der Waals surface area (Å²) in [7, 11) is 0. The topological polar surface area (TPSA) is 72.8 Å². The van der Waals surface area contributed by atoms with E-state index in [-0.39, 0.29) is 25.2 Å². The van der Waals surface area contributed by atoms with Crippen molar-refractivity contribution in [2.24, 2.45) is 0 Å². The van der Waals surface area contributed by atoms with Crippen LogP contribution in [0.4, 0.5) is 0 Å². The fraction of sp³-hybridized carbons (Fsp3) is 0.842. The van der Waals surface area contributed by atoms with E-state index in [1.54, 1.807) is 0 Å². The molecule has 0 spiro atoms. The van der Waals surface area contributed by atoms with E-state index in [1.165, 1.54) is 109 Å². The minimum Gasteiger partial charge on any atom is -0.462 e. The Balaban J connectivity index is 3.57. The Morgan fingerprint density at radius 3 is 1.42 bits per heavy atom. The fourth-order valence-electron chi connectivity index (χ4n) is 5.17. The lowest BCUT2D eigenvalue weighted by molar-refractivity contribution is -0.161. The van der Waals surface area contributed by atoms with Crippen LogP contribution >= 0.6 is 0 Å². The highest BCUT2D eigenvalue weighted by Crippen LogP contribution is 2.14. The molecule has 1 N–H and O–H groups in total. The molecule has 0 heterocycles. The number of allylic oxidation sites excluding steroid dienone is 4. The summed E-state index contributed by atoms with van der Waals surface area (Å²) in [5.74, 6) is -0.602. The molecule has 0 aromatic rings. The van der Waals surface area contributed by atoms with Gasteiger partial charge in [-0.1, -0.05) is 154 Å². The quantitative estimate of drug-likeness (QED) is 0.0457. The highest BCUT2D eigenvalue weighted by atomic mass is 16.6. The number of esters is 2. The van der Waals surface area contributed by atoms with Gasteiger partial charge in [0, 0.05) is 12.8 Å². The molecule has 0 aromatic carbocycles. The van der Waals surface area contributed by atoms with Gasteiger partial charge in [0.25, 0.3) is 0 Å². The molecule has 0 aliphatic heterocycles. The van der Waals surface area contributed by atoms with Crippen molar-refractivity contribution in [2.45, 2.75) is 193 Å². The van der Waals surface area contributed by atoms with Gasteiger partial charge in [-0.3, -0.25) is 9.59 Å². The molecule has 1 atom stereocenters. The number of aliphatic hydroxyl groups excluding tert-OH is 1. The Hall–Kier alpha value is -1.62. The number of aliphatic hydroxyl groups is 1. The largest absolute Gasteiger partial charge is 0.462 e. The van der Waals surface area contributed by atoms with Crippen LogP contribution in [0.3, 0.4) is 0 Å². The van der Waals surface area contributed by atoms with Gasteiger partial charge in [0.05, 0.1) is 6.61 Å². The van der Waals surface area contributed by atoms with Crippen LogP contribution in [0, 0.1) is 0 Å². The number of rotatable bonds is 33. The fourth-order valence-corrected chi connectivity index (χ4v) is 5.17. The Morgan fingerprint density at radius 2 is 0.930 bits per heavy atom. The first kappa shape index (κ1) is 41.4. The lowest BCUT2D eigenvalue weighted by Gasteiger charge is -2.15. The summed E-state index contributed by atoms with van der Waals surface area (Å²) in [5, 5.41) is 9.52. The van der Waals surface area contributed by atoms with E-state index in [4.69, 9.17) is 9.47 Å². The van der Waals surface area contributed by atoms with Crippen LogP contribution in [0.15, 0.2) is 24.3 Å². The molecular weight excluding hydrogens is 536 g/mol. The number of hydrogen-bond donors (Lipinski definition) is 1. The van der Waals surface area contributed by atoms with Gasteiger partial charge in [-0.25, -0.2) is 0 Å². The Morgan fingerprint density at radius 1 is 0.535 bits per heavy atom. The molecule has 0 bridgehead atoms. The normalized spacial score (nSPS) is 12.3. The van der Waals surface area contributed by atoms with Crippen LogP contribution in [-0.2, 0) is 19.1 Å². The zero-order valence-corrected chi connectivity index (χ0v) is 28.5. The van der Waals surface area contributed by atoms with E-state index in [9.17, 15) is 14.7 Å². The van der Waals surface area contributed by atoms with Crippen molar-refractivity contribution in [3.63, 3.8) is 0 Å². The predicted octanol–water partition coefficient (Wildman–Crippen LogP) is 11.1. The first-order chi connectivity index (χ1) is 21.1. The van der Waals surface area contributed by atoms with Crippen molar-refractivity contribution < 1.29 is 24.2 Å². The molecule has 0 aliphatic rings. The summed E-state index contributed by atoms with van der Waals surface area (Å²) >= 11 is 0. The summed E-state index contributed by atoms with van der Waals surface area (Å²) in [5.41, 5.74) is 0. The zero-order chi connectivity index (χ0) is 31.5. The molecule has 5 nitrogen and oxygen atoms in total. The summed E-state index contributed by atoms with van der Waals surface area (Å²) < 4.78 is 10.6. The molecule has 0 amide bonds. The third-order valence-electron chi connectivity index (χ3n) is 8.00. The molecule has 0 saturated carbocycles. The lowest BCUT2D eigenvalue weighted by Crippen LogP contribution is -2.28. The third kappa shape index (κ3) is 33.1. The first-order valence-corrected chi connectivity index (χ1v) is 18.4. The van der Waals surface area contributed by atoms with Gasteiger partial charge in [-0.05, 0) is 44.9 Å². The molecule has 0 aliphatic carbocycles. The van der Waals surface area contributed by atoms with Crippen LogP contribution in [0.5, 0.6) is 0 Å². The van der Waals surface area contributed by atoms with Crippen molar-refractivity contribution in [1.29, 1.82) is 0 Å². The number of carbonyl (C=O) groups excluding carboxylic acids is 2. The van der Waals surface area contributed by atoms with E-state index in [2.05, 4.69) is 38.2 Å². The van der Waals surface area contributed by atoms with E-state index < -0.39 is 6.10 Å². The van der Waals surface area contributed by atoms with Gasteiger partial charge in [0.15, 0.2) is 6.10 Å². The molecule has 0 fully saturated rings. The second-order valence-electron chi connectivity index (χ2n) is 12.3. The molecular formula is C38H70O5. The second kappa shape index (κ2) is 34.9. The van der Waals surface area contributed by atoms with Crippen LogP contribution in [0.25, 0.3) is 0 Å². The number of ether oxygens (including phenoxy) is 2. The van der Waals surface area contributed by atoms with E-state index in [0.717, 1.165) is 51.4 Å². The van der Waals surface area contributed by atoms with Crippen molar-refractivity contribution in [3.8, 4) is 0 Å². The molecule has 252 valence electrons. The van der Waals surface area contributed by atoms with Crippen LogP contribution in [0.1, 0.15) is 187 Å². The summed E-state index contributed by atoms with van der Waals surface area (Å²) in [6.07, 6.45) is 39.4. The minimum absolute atomic E-state index is 0.0694. The maximum Gasteiger partial charge on any atom is 0.306 e. The Labute approximate surface area is 266 Å². The standard InChI is InChI=1S/C38H70O5/c1-3-5-7-9-11-13-15-17-19-21-22-24-26-28-30-32-37(40)42-35-36(34-39)43-38(41)33-31-29-27-25-23-20-18-16-14-12-10-8-6-4-2/h11,13,17,19,36,39H,3-10,12,14-16,18,20-35H2,1-2H3/b13-11+,19-17+/t36-/m0/s1. The maximum atomic E-state index is 12.1. The molecule has 5 heteroatoms. The monoisotopic (exact) mass is 607 g/mol. The Kier molecular flexibility index (Phi) is 33.6. The van der Waals surface area contributed by atoms with Gasteiger partial charge >= 0.3 is 11.9 Å². The van der Waals surface area contributed by atoms with Gasteiger partial charge in [-0.15, -0.1) is 0 Å². The molecule has 0 unspecified atom stereocenters. The van der Waals surface area contributed by atoms with Gasteiger partial charge in [0.2, 0.25) is 0 Å². The molecule has 0 saturated heterocycles. The third-order valence-corrected chi connectivity index (χ3v) is 8.00. The maximum absolute atomic E-state index is 12.1. The van der Waals surface area contributed by atoms with Gasteiger partial charge in [-0.2, -0.15) is 0 Å². The summed E-state index contributed by atoms with van der Waals surface area (Å²) in [6, 6.07) is 0. The van der Waals surface area contributed by atoms with Crippen molar-refractivity contribution in [3.05, 3.63) is 24.3 Å². The molecule has 0 rings (SSSR count). The predicted molar refractivity (Wildman–Crippen MR) is 182 cm³/mol. The van der Waals surface area contributed by atoms with Gasteiger partial charge < -0.3 is 14.6 Å². The zero-order valence-electron chi connectivity index (χ0n) is 28.5. The Bertz CT molecular complexity index is 657. The van der Waals surface area contributed by atoms with Crippen molar-refractivity contribution in [2.75, 3.05) is 13.2 Å². The summed E-state index contributed by atoms with van der Waals surface area (Å²) in [4.78, 5) is 24.2. The van der Waals surface area contributed by atoms with E-state index in [0.29, 0.717) is 12.8 Å². The van der Waals surface area contributed by atoms with E-state index >= 15 is 0 Å². The van der Waals surface area contributed by atoms with Crippen molar-refractivity contribution in [1.82, 2.24) is 0 Å². The SMILES string of the molecule is CCCCC/C=C/C/C=C/CCCCCCCC(=O)OC[C@H](CO)OC(=O)CCCCCCCCCCCCCCCC. The highest BCUT2D eigenvalue weighted by Gasteiger charge is 2.16. The van der Waals surface area contributed by atoms with Crippen LogP contribution in [-0.4, -0.2) is 36.4 Å². The van der Waals surface area contributed by atoms with Crippen molar-refractivity contribution >= 4 is 11.9 Å². The average molecular weight is 607 g/mol. The molecule has 0 aromatic heterocycles. The summed E-state index contributed by atoms with van der Waals surface area (Å²) in [6.45, 7) is 4.10. The van der Waals surface area contributed by atoms with E-state index in [1.807, 2.05) is 0 Å². The smallest absolute Gasteiger partial charge is 0.306 e. The van der Waals surface area contributed by atoms with Crippen LogP contribution in [0.2, 0.25) is 0 Å². The molecule has 43 heavy (non-hydrogen) atoms. The average Bonchev–Trinajstić information content (AvgIpc) is 3.01. The van der Waals surface area contributed by atoms with Gasteiger partial charge in [0.1, 0.15) is 6.61 Å².